The molecule has 0 atom stereocenters. The average molecular weight is 459 g/mol. The van der Waals surface area contributed by atoms with Crippen LogP contribution in [0.2, 0.25) is 0 Å². The fraction of sp³-hybridized carbons (Fsp3) is 0.200. The Bertz CT molecular complexity index is 1370. The van der Waals surface area contributed by atoms with E-state index >= 15 is 0 Å². The summed E-state index contributed by atoms with van der Waals surface area (Å²) in [6.07, 6.45) is 3.31. The molecule has 9 heteroatoms. The molecule has 2 heterocycles. The third-order valence-corrected chi connectivity index (χ3v) is 5.55. The lowest BCUT2D eigenvalue weighted by atomic mass is 9.97. The summed E-state index contributed by atoms with van der Waals surface area (Å²) in [5, 5.41) is 23.0. The Hall–Kier alpha value is -4.24. The summed E-state index contributed by atoms with van der Waals surface area (Å²) in [6.45, 7) is 5.29. The van der Waals surface area contributed by atoms with Gasteiger partial charge in [0.15, 0.2) is 5.65 Å². The molecule has 0 aliphatic heterocycles. The number of carbonyl (C=O) groups is 2. The molecular weight excluding hydrogens is 432 g/mol. The summed E-state index contributed by atoms with van der Waals surface area (Å²) < 4.78 is 1.59. The predicted molar refractivity (Wildman–Crippen MR) is 131 cm³/mol. The fourth-order valence-corrected chi connectivity index (χ4v) is 3.60. The van der Waals surface area contributed by atoms with Gasteiger partial charge in [-0.05, 0) is 56.2 Å². The monoisotopic (exact) mass is 458 g/mol. The van der Waals surface area contributed by atoms with Crippen LogP contribution in [0.3, 0.4) is 0 Å². The van der Waals surface area contributed by atoms with Crippen LogP contribution in [0.25, 0.3) is 16.9 Å². The van der Waals surface area contributed by atoms with Gasteiger partial charge in [-0.3, -0.25) is 4.79 Å². The minimum Gasteiger partial charge on any atom is -0.386 e. The van der Waals surface area contributed by atoms with Crippen molar-refractivity contribution in [3.63, 3.8) is 0 Å². The standard InChI is InChI=1S/C25H26N6O3/c1-15-18(20-14-21(29-24(33)26-4)22-27-12-13-31(22)30-20)6-5-7-19(15)28-23(32)16-8-10-17(11-9-16)25(2,3)34/h5-14,34H,1-4H3,(H,28,32)(H2,26,29,33). The minimum atomic E-state index is -0.977. The van der Waals surface area contributed by atoms with Crippen molar-refractivity contribution in [2.75, 3.05) is 17.7 Å². The quantitative estimate of drug-likeness (QED) is 0.361. The topological polar surface area (TPSA) is 121 Å². The number of urea groups is 1. The number of benzene rings is 2. The maximum atomic E-state index is 12.9. The zero-order valence-corrected chi connectivity index (χ0v) is 19.4. The smallest absolute Gasteiger partial charge is 0.319 e. The Kier molecular flexibility index (Phi) is 6.04. The summed E-state index contributed by atoms with van der Waals surface area (Å²) in [7, 11) is 1.54. The van der Waals surface area contributed by atoms with Crippen LogP contribution in [0.1, 0.15) is 35.3 Å². The van der Waals surface area contributed by atoms with Gasteiger partial charge in [0.2, 0.25) is 0 Å². The molecule has 4 N–H and O–H groups in total. The summed E-state index contributed by atoms with van der Waals surface area (Å²) in [5.74, 6) is -0.262. The predicted octanol–water partition coefficient (Wildman–Crippen LogP) is 3.94. The third kappa shape index (κ3) is 4.60. The van der Waals surface area contributed by atoms with E-state index < -0.39 is 5.60 Å². The SMILES string of the molecule is CNC(=O)Nc1cc(-c2cccc(NC(=O)c3ccc(C(C)(C)O)cc3)c2C)nn2ccnc12. The Balaban J connectivity index is 1.65. The molecule has 4 rings (SSSR count). The summed E-state index contributed by atoms with van der Waals surface area (Å²) >= 11 is 0. The molecule has 9 nitrogen and oxygen atoms in total. The van der Waals surface area contributed by atoms with E-state index in [1.54, 1.807) is 61.1 Å². The van der Waals surface area contributed by atoms with Crippen LogP contribution in [0, 0.1) is 6.92 Å². The van der Waals surface area contributed by atoms with Crippen molar-refractivity contribution in [1.29, 1.82) is 0 Å². The highest BCUT2D eigenvalue weighted by Crippen LogP contribution is 2.30. The van der Waals surface area contributed by atoms with E-state index in [0.717, 1.165) is 16.7 Å². The van der Waals surface area contributed by atoms with Gasteiger partial charge in [-0.2, -0.15) is 5.10 Å². The highest BCUT2D eigenvalue weighted by atomic mass is 16.3. The molecule has 174 valence electrons. The number of nitrogens with zero attached hydrogens (tertiary/aromatic N) is 3. The molecule has 0 unspecified atom stereocenters. The molecule has 0 spiro atoms. The number of anilines is 2. The number of aromatic nitrogens is 3. The van der Waals surface area contributed by atoms with E-state index in [2.05, 4.69) is 26.0 Å². The van der Waals surface area contributed by atoms with E-state index in [4.69, 9.17) is 0 Å². The van der Waals surface area contributed by atoms with Crippen LogP contribution in [0.5, 0.6) is 0 Å². The molecular formula is C25H26N6O3. The first-order valence-electron chi connectivity index (χ1n) is 10.7. The summed E-state index contributed by atoms with van der Waals surface area (Å²) in [6, 6.07) is 13.8. The number of aliphatic hydroxyl groups is 1. The third-order valence-electron chi connectivity index (χ3n) is 5.55. The minimum absolute atomic E-state index is 0.262. The molecule has 0 saturated heterocycles. The second-order valence-corrected chi connectivity index (χ2v) is 8.41. The number of fused-ring (bicyclic) bond motifs is 1. The van der Waals surface area contributed by atoms with Crippen molar-refractivity contribution in [3.05, 3.63) is 77.6 Å². The van der Waals surface area contributed by atoms with E-state index in [0.29, 0.717) is 28.3 Å². The average Bonchev–Trinajstić information content (AvgIpc) is 3.29. The number of nitrogens with one attached hydrogen (secondary N) is 3. The zero-order chi connectivity index (χ0) is 24.5. The second-order valence-electron chi connectivity index (χ2n) is 8.41. The molecule has 0 bridgehead atoms. The van der Waals surface area contributed by atoms with Gasteiger partial charge in [-0.25, -0.2) is 14.3 Å². The molecule has 0 fully saturated rings. The first-order valence-corrected chi connectivity index (χ1v) is 10.7. The van der Waals surface area contributed by atoms with Crippen LogP contribution in [0.15, 0.2) is 60.9 Å². The highest BCUT2D eigenvalue weighted by Gasteiger charge is 2.18. The second kappa shape index (κ2) is 8.95. The van der Waals surface area contributed by atoms with Crippen molar-refractivity contribution in [3.8, 4) is 11.3 Å². The lowest BCUT2D eigenvalue weighted by Crippen LogP contribution is -2.25. The van der Waals surface area contributed by atoms with E-state index in [9.17, 15) is 14.7 Å². The van der Waals surface area contributed by atoms with Crippen LogP contribution < -0.4 is 16.0 Å². The largest absolute Gasteiger partial charge is 0.386 e. The van der Waals surface area contributed by atoms with Crippen LogP contribution in [0.4, 0.5) is 16.2 Å². The lowest BCUT2D eigenvalue weighted by Gasteiger charge is -2.18. The van der Waals surface area contributed by atoms with Gasteiger partial charge in [0.25, 0.3) is 5.91 Å². The Morgan fingerprint density at radius 1 is 1.03 bits per heavy atom. The molecule has 0 saturated carbocycles. The first kappa shape index (κ1) is 22.9. The first-order chi connectivity index (χ1) is 16.2. The molecule has 0 radical (unpaired) electrons. The number of imidazole rings is 1. The molecule has 0 aliphatic rings. The van der Waals surface area contributed by atoms with Gasteiger partial charge in [-0.15, -0.1) is 0 Å². The Morgan fingerprint density at radius 2 is 1.76 bits per heavy atom. The molecule has 34 heavy (non-hydrogen) atoms. The molecule has 0 aliphatic carbocycles. The summed E-state index contributed by atoms with van der Waals surface area (Å²) in [4.78, 5) is 29.0. The van der Waals surface area contributed by atoms with Crippen molar-refractivity contribution >= 4 is 29.0 Å². The van der Waals surface area contributed by atoms with Crippen molar-refractivity contribution in [1.82, 2.24) is 19.9 Å². The van der Waals surface area contributed by atoms with Crippen molar-refractivity contribution < 1.29 is 14.7 Å². The van der Waals surface area contributed by atoms with Gasteiger partial charge >= 0.3 is 6.03 Å². The number of hydrogen-bond acceptors (Lipinski definition) is 5. The molecule has 3 amide bonds. The maximum absolute atomic E-state index is 12.9. The molecule has 2 aromatic carbocycles. The Labute approximate surface area is 196 Å². The van der Waals surface area contributed by atoms with Crippen LogP contribution in [-0.4, -0.2) is 38.7 Å². The van der Waals surface area contributed by atoms with Gasteiger partial charge in [-0.1, -0.05) is 24.3 Å². The fourth-order valence-electron chi connectivity index (χ4n) is 3.60. The van der Waals surface area contributed by atoms with E-state index in [1.807, 2.05) is 25.1 Å². The van der Waals surface area contributed by atoms with Crippen LogP contribution in [-0.2, 0) is 5.60 Å². The number of hydrogen-bond donors (Lipinski definition) is 4. The van der Waals surface area contributed by atoms with Crippen LogP contribution >= 0.6 is 0 Å². The lowest BCUT2D eigenvalue weighted by molar-refractivity contribution is 0.0785. The van der Waals surface area contributed by atoms with Crippen molar-refractivity contribution in [2.45, 2.75) is 26.4 Å². The number of rotatable bonds is 5. The van der Waals surface area contributed by atoms with Gasteiger partial charge in [0.05, 0.1) is 17.0 Å². The molecule has 2 aromatic heterocycles. The molecule has 4 aromatic rings. The van der Waals surface area contributed by atoms with E-state index in [-0.39, 0.29) is 11.9 Å². The normalized spacial score (nSPS) is 11.3. The van der Waals surface area contributed by atoms with Gasteiger partial charge in [0.1, 0.15) is 0 Å². The Morgan fingerprint density at radius 3 is 2.44 bits per heavy atom. The van der Waals surface area contributed by atoms with Gasteiger partial charge in [0, 0.05) is 36.3 Å². The summed E-state index contributed by atoms with van der Waals surface area (Å²) in [5.41, 5.74) is 4.13. The number of carbonyl (C=O) groups excluding carboxylic acids is 2. The van der Waals surface area contributed by atoms with Crippen molar-refractivity contribution in [2.24, 2.45) is 0 Å². The number of amides is 3. The zero-order valence-electron chi connectivity index (χ0n) is 19.4. The highest BCUT2D eigenvalue weighted by molar-refractivity contribution is 6.05. The maximum Gasteiger partial charge on any atom is 0.319 e. The van der Waals surface area contributed by atoms with Gasteiger partial charge < -0.3 is 21.1 Å². The van der Waals surface area contributed by atoms with E-state index in [1.165, 1.54) is 7.05 Å².